The zero-order chi connectivity index (χ0) is 50.6. The summed E-state index contributed by atoms with van der Waals surface area (Å²) in [6.07, 6.45) is 7.42. The second-order valence-corrected chi connectivity index (χ2v) is 22.7. The highest BCUT2D eigenvalue weighted by molar-refractivity contribution is 7.86. The van der Waals surface area contributed by atoms with Gasteiger partial charge >= 0.3 is 0 Å². The predicted octanol–water partition coefficient (Wildman–Crippen LogP) is 6.74. The van der Waals surface area contributed by atoms with E-state index in [1.54, 1.807) is 30.6 Å². The third-order valence-corrected chi connectivity index (χ3v) is 15.1. The van der Waals surface area contributed by atoms with Crippen molar-refractivity contribution in [3.63, 3.8) is 0 Å². The maximum absolute atomic E-state index is 13.6. The number of nitrogens with zero attached hydrogens (tertiary/aromatic N) is 10. The fraction of sp³-hybridized carbons (Fsp3) is 0.481. The van der Waals surface area contributed by atoms with Crippen LogP contribution in [0.5, 0.6) is 11.5 Å². The lowest BCUT2D eigenvalue weighted by Crippen LogP contribution is -2.52. The zero-order valence-corrected chi connectivity index (χ0v) is 43.5. The van der Waals surface area contributed by atoms with Gasteiger partial charge in [0.15, 0.2) is 11.6 Å². The number of aryl methyl sites for hydroxylation is 1. The van der Waals surface area contributed by atoms with E-state index in [-0.39, 0.29) is 30.4 Å². The van der Waals surface area contributed by atoms with E-state index in [0.717, 1.165) is 78.4 Å². The molecule has 0 bridgehead atoms. The highest BCUT2D eigenvalue weighted by atomic mass is 32.2. The first-order valence-electron chi connectivity index (χ1n) is 24.3. The summed E-state index contributed by atoms with van der Waals surface area (Å²) in [5.41, 5.74) is 6.40. The Balaban J connectivity index is 0.000000204. The number of halogens is 1. The Labute approximate surface area is 418 Å². The average Bonchev–Trinajstić information content (AvgIpc) is 3.80. The van der Waals surface area contributed by atoms with Crippen LogP contribution in [0.1, 0.15) is 76.5 Å². The van der Waals surface area contributed by atoms with Crippen molar-refractivity contribution in [2.75, 3.05) is 87.7 Å². The first-order valence-corrected chi connectivity index (χ1v) is 25.5. The first-order chi connectivity index (χ1) is 33.8. The Morgan fingerprint density at radius 1 is 0.915 bits per heavy atom. The third kappa shape index (κ3) is 12.3. The minimum atomic E-state index is -1.37. The molecule has 2 unspecified atom stereocenters. The minimum Gasteiger partial charge on any atom is -0.489 e. The number of ether oxygens (including phenoxy) is 2. The number of carbonyl (C=O) groups is 1. The van der Waals surface area contributed by atoms with Crippen molar-refractivity contribution in [1.82, 2.24) is 50.2 Å². The third-order valence-electron chi connectivity index (χ3n) is 13.3. The van der Waals surface area contributed by atoms with Crippen LogP contribution in [-0.2, 0) is 27.4 Å². The Bertz CT molecular complexity index is 2840. The number of anilines is 4. The summed E-state index contributed by atoms with van der Waals surface area (Å²) < 4.78 is 38.3. The summed E-state index contributed by atoms with van der Waals surface area (Å²) in [6, 6.07) is 13.1. The van der Waals surface area contributed by atoms with Crippen LogP contribution in [0.2, 0.25) is 0 Å². The van der Waals surface area contributed by atoms with Gasteiger partial charge < -0.3 is 34.8 Å². The number of hydrogen-bond donors (Lipinski definition) is 3. The van der Waals surface area contributed by atoms with Gasteiger partial charge in [-0.25, -0.2) is 24.3 Å². The van der Waals surface area contributed by atoms with E-state index >= 15 is 0 Å². The number of nitrogens with one attached hydrogen (secondary N) is 3. The molecule has 0 aliphatic carbocycles. The maximum Gasteiger partial charge on any atom is 0.241 e. The Hall–Kier alpha value is -6.15. The number of benzene rings is 2. The molecule has 378 valence electrons. The number of H-pyrrole nitrogens is 1. The molecule has 6 aromatic rings. The second kappa shape index (κ2) is 21.7. The lowest BCUT2D eigenvalue weighted by atomic mass is 9.91. The number of likely N-dealkylation sites (N-methyl/N-ethyl adjacent to an activating group) is 1. The zero-order valence-electron chi connectivity index (χ0n) is 42.7. The van der Waals surface area contributed by atoms with Crippen molar-refractivity contribution < 1.29 is 22.9 Å². The number of fused-ring (bicyclic) bond motifs is 2. The summed E-state index contributed by atoms with van der Waals surface area (Å²) in [6.45, 7) is 25.4. The van der Waals surface area contributed by atoms with E-state index in [1.165, 1.54) is 18.5 Å². The summed E-state index contributed by atoms with van der Waals surface area (Å²) >= 11 is 0. The molecule has 3 atom stereocenters. The average molecular weight is 990 g/mol. The van der Waals surface area contributed by atoms with Crippen LogP contribution in [0.25, 0.3) is 10.9 Å². The van der Waals surface area contributed by atoms with Gasteiger partial charge in [-0.05, 0) is 97.3 Å². The number of carbonyl (C=O) groups excluding carboxylic acids is 1. The van der Waals surface area contributed by atoms with Crippen LogP contribution in [-0.4, -0.2) is 144 Å². The lowest BCUT2D eigenvalue weighted by Gasteiger charge is -2.37. The Morgan fingerprint density at radius 2 is 1.66 bits per heavy atom. The Kier molecular flexibility index (Phi) is 15.6. The smallest absolute Gasteiger partial charge is 0.241 e. The maximum atomic E-state index is 13.6. The molecule has 2 saturated heterocycles. The molecular formula is C52H68FN13O4S. The Morgan fingerprint density at radius 3 is 2.35 bits per heavy atom. The highest BCUT2D eigenvalue weighted by Crippen LogP contribution is 2.40. The molecule has 1 amide bonds. The number of amides is 1. The van der Waals surface area contributed by atoms with E-state index in [2.05, 4.69) is 96.3 Å². The van der Waals surface area contributed by atoms with Crippen molar-refractivity contribution in [1.29, 1.82) is 0 Å². The molecule has 7 heterocycles. The topological polar surface area (TPSA) is 183 Å². The molecule has 2 aromatic carbocycles. The largest absolute Gasteiger partial charge is 0.489 e. The van der Waals surface area contributed by atoms with Gasteiger partial charge in [-0.2, -0.15) is 5.10 Å². The quantitative estimate of drug-likeness (QED) is 0.103. The standard InChI is InChI=1S/C29H39N9O3S.C23H29FN4O/c1-18-16-38(9-8-37(18)7)28-30-14-21(15-31-28)40-10-11-41-24-13-23-22(12-25(24)42(39)29(4,5)6)27(33-17-32-23)34-26-19(2)20(3)35-36-26;1-16-13-27(9-8-25-16)14-21(29)28-15-23(2,3)22-20(28)11-18(12-26-22)10-17-4-6-19(24)7-5-17/h12-15,17-18H,8-11,16H2,1-7H3,(H2,32,33,34,35,36);4-7,11-12,16,25H,8-10,13-15H2,1-3H3/t18-,42?;/m1./s1. The molecule has 3 aliphatic rings. The summed E-state index contributed by atoms with van der Waals surface area (Å²) in [5, 5.41) is 14.7. The van der Waals surface area contributed by atoms with E-state index in [4.69, 9.17) is 14.5 Å². The molecule has 0 spiro atoms. The number of aromatic amines is 1. The van der Waals surface area contributed by atoms with E-state index < -0.39 is 15.5 Å². The molecule has 9 rings (SSSR count). The predicted molar refractivity (Wildman–Crippen MR) is 277 cm³/mol. The van der Waals surface area contributed by atoms with Crippen molar-refractivity contribution in [2.45, 2.75) is 95.9 Å². The fourth-order valence-corrected chi connectivity index (χ4v) is 10.1. The van der Waals surface area contributed by atoms with Gasteiger partial charge in [-0.3, -0.25) is 24.0 Å². The highest BCUT2D eigenvalue weighted by Gasteiger charge is 2.40. The SMILES string of the molecule is CC1CN(CC(=O)N2CC(C)(C)c3ncc(Cc4ccc(F)cc4)cc32)CCN1.Cc1[nH]nc(Nc2ncnc3cc(OCCOc4cnc(N5CCN(C)[C@H](C)C5)nc4)c(S(=O)C(C)(C)C)cc23)c1C. The monoisotopic (exact) mass is 990 g/mol. The van der Waals surface area contributed by atoms with Crippen molar-refractivity contribution in [2.24, 2.45) is 0 Å². The molecule has 2 fully saturated rings. The minimum absolute atomic E-state index is 0.131. The van der Waals surface area contributed by atoms with Crippen LogP contribution < -0.4 is 29.9 Å². The molecule has 3 aliphatic heterocycles. The summed E-state index contributed by atoms with van der Waals surface area (Å²) in [4.78, 5) is 45.0. The first kappa shape index (κ1) is 51.2. The van der Waals surface area contributed by atoms with Gasteiger partial charge in [-0.15, -0.1) is 0 Å². The molecule has 0 saturated carbocycles. The van der Waals surface area contributed by atoms with E-state index in [1.807, 2.05) is 51.8 Å². The van der Waals surface area contributed by atoms with Gasteiger partial charge in [0.05, 0.1) is 51.5 Å². The van der Waals surface area contributed by atoms with Crippen LogP contribution >= 0.6 is 0 Å². The van der Waals surface area contributed by atoms with Gasteiger partial charge in [0.25, 0.3) is 0 Å². The summed E-state index contributed by atoms with van der Waals surface area (Å²) in [5.74, 6) is 2.91. The fourth-order valence-electron chi connectivity index (χ4n) is 8.93. The molecule has 17 nitrogen and oxygen atoms in total. The van der Waals surface area contributed by atoms with Gasteiger partial charge in [0.2, 0.25) is 11.9 Å². The molecule has 0 radical (unpaired) electrons. The lowest BCUT2D eigenvalue weighted by molar-refractivity contribution is -0.120. The van der Waals surface area contributed by atoms with Gasteiger partial charge in [0, 0.05) is 97.0 Å². The second-order valence-electron chi connectivity index (χ2n) is 20.5. The molecule has 19 heteroatoms. The molecule has 71 heavy (non-hydrogen) atoms. The molecule has 4 aromatic heterocycles. The number of piperazine rings is 2. The van der Waals surface area contributed by atoms with Gasteiger partial charge in [0.1, 0.15) is 36.9 Å². The van der Waals surface area contributed by atoms with E-state index in [0.29, 0.717) is 71.1 Å². The molecule has 3 N–H and O–H groups in total. The number of rotatable bonds is 13. The summed E-state index contributed by atoms with van der Waals surface area (Å²) in [7, 11) is 0.761. The van der Waals surface area contributed by atoms with Crippen LogP contribution in [0.15, 0.2) is 72.3 Å². The number of pyridine rings is 1. The van der Waals surface area contributed by atoms with Crippen LogP contribution in [0.4, 0.5) is 27.7 Å². The van der Waals surface area contributed by atoms with E-state index in [9.17, 15) is 13.4 Å². The van der Waals surface area contributed by atoms with Crippen LogP contribution in [0, 0.1) is 19.7 Å². The normalized spacial score (nSPS) is 18.7. The van der Waals surface area contributed by atoms with Crippen molar-refractivity contribution in [3.05, 3.63) is 101 Å². The van der Waals surface area contributed by atoms with Crippen LogP contribution in [0.3, 0.4) is 0 Å². The molecular weight excluding hydrogens is 922 g/mol. The van der Waals surface area contributed by atoms with Crippen molar-refractivity contribution >= 4 is 50.9 Å². The number of hydrogen-bond acceptors (Lipinski definition) is 15. The van der Waals surface area contributed by atoms with Gasteiger partial charge in [-0.1, -0.05) is 26.0 Å². The van der Waals surface area contributed by atoms with Crippen molar-refractivity contribution in [3.8, 4) is 11.5 Å². The number of aromatic nitrogens is 7.